The van der Waals surface area contributed by atoms with Gasteiger partial charge in [-0.3, -0.25) is 0 Å². The quantitative estimate of drug-likeness (QED) is 0.724. The molecule has 3 aromatic rings. The molecule has 118 valence electrons. The highest BCUT2D eigenvalue weighted by Crippen LogP contribution is 2.12. The first-order valence-electron chi connectivity index (χ1n) is 6.86. The van der Waals surface area contributed by atoms with Crippen molar-refractivity contribution in [1.82, 2.24) is 14.4 Å². The largest absolute Gasteiger partial charge is 0.285 e. The molecule has 0 amide bonds. The Balaban J connectivity index is 1.97. The van der Waals surface area contributed by atoms with Crippen LogP contribution in [0.4, 0.5) is 0 Å². The van der Waals surface area contributed by atoms with Crippen molar-refractivity contribution in [3.8, 4) is 0 Å². The molecule has 23 heavy (non-hydrogen) atoms. The Kier molecular flexibility index (Phi) is 4.35. The Morgan fingerprint density at radius 1 is 1.09 bits per heavy atom. The monoisotopic (exact) mass is 346 g/mol. The van der Waals surface area contributed by atoms with Gasteiger partial charge in [-0.15, -0.1) is 4.40 Å². The molecule has 0 bridgehead atoms. The molecule has 0 aliphatic carbocycles. The second-order valence-corrected chi connectivity index (χ2v) is 7.28. The second-order valence-electron chi connectivity index (χ2n) is 4.97. The number of hydrogen-bond acceptors (Lipinski definition) is 5. The van der Waals surface area contributed by atoms with Gasteiger partial charge in [-0.2, -0.15) is 8.42 Å². The summed E-state index contributed by atoms with van der Waals surface area (Å²) in [7, 11) is -3.78. The van der Waals surface area contributed by atoms with Crippen LogP contribution in [0.25, 0.3) is 0 Å². The molecule has 2 aromatic carbocycles. The van der Waals surface area contributed by atoms with E-state index in [1.165, 1.54) is 4.68 Å². The van der Waals surface area contributed by atoms with E-state index in [-0.39, 0.29) is 9.70 Å². The lowest BCUT2D eigenvalue weighted by molar-refractivity contribution is 0.590. The van der Waals surface area contributed by atoms with Crippen molar-refractivity contribution in [1.29, 1.82) is 0 Å². The zero-order chi connectivity index (χ0) is 16.3. The topological polar surface area (TPSA) is 77.2 Å². The molecular weight excluding hydrogens is 332 g/mol. The molecule has 3 rings (SSSR count). The van der Waals surface area contributed by atoms with Gasteiger partial charge in [0.1, 0.15) is 0 Å². The van der Waals surface area contributed by atoms with Crippen molar-refractivity contribution in [3.05, 3.63) is 70.5 Å². The molecule has 1 heterocycles. The van der Waals surface area contributed by atoms with Crippen molar-refractivity contribution >= 4 is 21.6 Å². The average molecular weight is 346 g/mol. The van der Waals surface area contributed by atoms with Gasteiger partial charge in [-0.1, -0.05) is 57.7 Å². The van der Waals surface area contributed by atoms with Crippen LogP contribution in [0.3, 0.4) is 0 Å². The molecule has 6 nitrogen and oxygen atoms in total. The van der Waals surface area contributed by atoms with Crippen molar-refractivity contribution in [2.45, 2.75) is 18.4 Å². The maximum Gasteiger partial charge on any atom is 0.285 e. The van der Waals surface area contributed by atoms with Crippen molar-refractivity contribution in [3.63, 3.8) is 0 Å². The standard InChI is InChI=1S/C15H14N4O2S2/c1-12-7-9-14(10-8-12)23(20,21)16-15-19(17-18-22-15)11-13-5-3-2-4-6-13/h2-10H,11H2,1H3. The lowest BCUT2D eigenvalue weighted by atomic mass is 10.2. The molecule has 0 unspecified atom stereocenters. The fourth-order valence-electron chi connectivity index (χ4n) is 1.97. The number of aryl methyl sites for hydroxylation is 1. The van der Waals surface area contributed by atoms with Gasteiger partial charge in [0.25, 0.3) is 10.0 Å². The fraction of sp³-hybridized carbons (Fsp3) is 0.133. The summed E-state index contributed by atoms with van der Waals surface area (Å²) >= 11 is 0.949. The minimum atomic E-state index is -3.78. The van der Waals surface area contributed by atoms with Crippen LogP contribution in [0.2, 0.25) is 0 Å². The molecule has 0 saturated heterocycles. The summed E-state index contributed by atoms with van der Waals surface area (Å²) < 4.78 is 33.9. The molecular formula is C15H14N4O2S2. The van der Waals surface area contributed by atoms with E-state index in [0.29, 0.717) is 6.54 Å². The molecule has 0 saturated carbocycles. The third-order valence-electron chi connectivity index (χ3n) is 3.18. The molecule has 0 radical (unpaired) electrons. The molecule has 0 aliphatic heterocycles. The summed E-state index contributed by atoms with van der Waals surface area (Å²) in [6, 6.07) is 16.2. The molecule has 1 aromatic heterocycles. The Bertz CT molecular complexity index is 958. The van der Waals surface area contributed by atoms with Gasteiger partial charge >= 0.3 is 0 Å². The number of sulfonamides is 1. The van der Waals surface area contributed by atoms with Gasteiger partial charge in [-0.25, -0.2) is 4.68 Å². The molecule has 0 spiro atoms. The third kappa shape index (κ3) is 3.72. The normalized spacial score (nSPS) is 12.5. The highest BCUT2D eigenvalue weighted by atomic mass is 32.2. The highest BCUT2D eigenvalue weighted by molar-refractivity contribution is 7.90. The van der Waals surface area contributed by atoms with Crippen LogP contribution < -0.4 is 4.80 Å². The molecule has 0 fully saturated rings. The summed E-state index contributed by atoms with van der Waals surface area (Å²) in [6.07, 6.45) is 0. The van der Waals surface area contributed by atoms with E-state index in [4.69, 9.17) is 0 Å². The number of hydrogen-bond donors (Lipinski definition) is 0. The maximum absolute atomic E-state index is 12.4. The van der Waals surface area contributed by atoms with E-state index >= 15 is 0 Å². The van der Waals surface area contributed by atoms with Gasteiger partial charge in [-0.05, 0) is 24.6 Å². The first-order chi connectivity index (χ1) is 11.0. The van der Waals surface area contributed by atoms with E-state index in [1.807, 2.05) is 37.3 Å². The van der Waals surface area contributed by atoms with Crippen LogP contribution in [0.5, 0.6) is 0 Å². The van der Waals surface area contributed by atoms with E-state index in [1.54, 1.807) is 24.3 Å². The average Bonchev–Trinajstić information content (AvgIpc) is 2.95. The molecule has 0 aliphatic rings. The first kappa shape index (κ1) is 15.6. The summed E-state index contributed by atoms with van der Waals surface area (Å²) in [5.74, 6) is 0. The van der Waals surface area contributed by atoms with E-state index in [2.05, 4.69) is 14.1 Å². The zero-order valence-corrected chi connectivity index (χ0v) is 14.0. The van der Waals surface area contributed by atoms with Crippen LogP contribution in [0, 0.1) is 6.92 Å². The first-order valence-corrected chi connectivity index (χ1v) is 9.07. The van der Waals surface area contributed by atoms with Gasteiger partial charge in [0, 0.05) is 11.5 Å². The van der Waals surface area contributed by atoms with Crippen LogP contribution in [-0.4, -0.2) is 22.8 Å². The predicted molar refractivity (Wildman–Crippen MR) is 87.4 cm³/mol. The smallest absolute Gasteiger partial charge is 0.213 e. The summed E-state index contributed by atoms with van der Waals surface area (Å²) in [6.45, 7) is 2.31. The van der Waals surface area contributed by atoms with Crippen LogP contribution in [0.1, 0.15) is 11.1 Å². The van der Waals surface area contributed by atoms with Gasteiger partial charge in [0.2, 0.25) is 4.80 Å². The maximum atomic E-state index is 12.4. The summed E-state index contributed by atoms with van der Waals surface area (Å²) in [4.78, 5) is 0.400. The van der Waals surface area contributed by atoms with Crippen LogP contribution in [0.15, 0.2) is 63.9 Å². The Hall–Kier alpha value is -2.32. The number of aromatic nitrogens is 3. The lowest BCUT2D eigenvalue weighted by Crippen LogP contribution is -2.19. The fourth-order valence-corrected chi connectivity index (χ4v) is 3.68. The number of benzene rings is 2. The van der Waals surface area contributed by atoms with Gasteiger partial charge in [0.05, 0.1) is 11.4 Å². The Labute approximate surface area is 138 Å². The summed E-state index contributed by atoms with van der Waals surface area (Å²) in [5, 5.41) is 3.93. The van der Waals surface area contributed by atoms with Crippen LogP contribution in [-0.2, 0) is 16.6 Å². The van der Waals surface area contributed by atoms with E-state index in [0.717, 1.165) is 22.7 Å². The zero-order valence-electron chi connectivity index (χ0n) is 12.3. The highest BCUT2D eigenvalue weighted by Gasteiger charge is 2.13. The number of nitrogens with zero attached hydrogens (tertiary/aromatic N) is 4. The minimum Gasteiger partial charge on any atom is -0.213 e. The molecule has 0 atom stereocenters. The van der Waals surface area contributed by atoms with Crippen molar-refractivity contribution < 1.29 is 8.42 Å². The van der Waals surface area contributed by atoms with Crippen molar-refractivity contribution in [2.75, 3.05) is 0 Å². The van der Waals surface area contributed by atoms with E-state index in [9.17, 15) is 8.42 Å². The SMILES string of the molecule is Cc1ccc(S(=O)(=O)N=c2snnn2Cc2ccccc2)cc1. The third-order valence-corrected chi connectivity index (χ3v) is 5.20. The molecule has 0 N–H and O–H groups in total. The molecule has 8 heteroatoms. The van der Waals surface area contributed by atoms with Crippen molar-refractivity contribution in [2.24, 2.45) is 4.40 Å². The number of rotatable bonds is 4. The van der Waals surface area contributed by atoms with E-state index < -0.39 is 10.0 Å². The van der Waals surface area contributed by atoms with Crippen LogP contribution >= 0.6 is 11.5 Å². The summed E-state index contributed by atoms with van der Waals surface area (Å²) in [5.41, 5.74) is 1.98. The predicted octanol–water partition coefficient (Wildman–Crippen LogP) is 1.99. The Morgan fingerprint density at radius 2 is 1.78 bits per heavy atom. The lowest BCUT2D eigenvalue weighted by Gasteiger charge is -2.01. The Morgan fingerprint density at radius 3 is 2.48 bits per heavy atom. The van der Waals surface area contributed by atoms with Gasteiger partial charge < -0.3 is 0 Å². The second kappa shape index (κ2) is 6.43. The van der Waals surface area contributed by atoms with Gasteiger partial charge in [0.15, 0.2) is 0 Å². The minimum absolute atomic E-state index is 0.155.